The summed E-state index contributed by atoms with van der Waals surface area (Å²) in [6.45, 7) is 0. The van der Waals surface area contributed by atoms with Crippen LogP contribution in [0.5, 0.6) is 5.75 Å². The first-order chi connectivity index (χ1) is 14.0. The quantitative estimate of drug-likeness (QED) is 0.723. The second-order valence-corrected chi connectivity index (χ2v) is 7.86. The van der Waals surface area contributed by atoms with Gasteiger partial charge in [0.2, 0.25) is 0 Å². The van der Waals surface area contributed by atoms with E-state index in [2.05, 4.69) is 0 Å². The van der Waals surface area contributed by atoms with E-state index in [0.29, 0.717) is 62.7 Å². The first-order valence-corrected chi connectivity index (χ1v) is 10.2. The summed E-state index contributed by atoms with van der Waals surface area (Å²) in [6.07, 6.45) is 4.52. The largest absolute Gasteiger partial charge is 0.497 e. The molecule has 0 atom stereocenters. The van der Waals surface area contributed by atoms with Crippen LogP contribution in [0.1, 0.15) is 61.7 Å². The van der Waals surface area contributed by atoms with Gasteiger partial charge < -0.3 is 19.3 Å². The molecule has 7 heteroatoms. The van der Waals surface area contributed by atoms with E-state index in [1.807, 2.05) is 0 Å². The second kappa shape index (κ2) is 9.76. The van der Waals surface area contributed by atoms with Gasteiger partial charge in [0.15, 0.2) is 0 Å². The van der Waals surface area contributed by atoms with Crippen molar-refractivity contribution in [1.29, 1.82) is 0 Å². The standard InChI is InChI=1S/C22H28O7/c1-27-17-8-6-16(7-9-17)22(26)29-19-12-10-18(11-13-19)28-21(25)15-4-2-14(3-5-15)20(23)24/h6-9,14-15,18-19H,2-5,10-13H2,1H3,(H,23,24). The molecule has 7 nitrogen and oxygen atoms in total. The number of ether oxygens (including phenoxy) is 3. The van der Waals surface area contributed by atoms with Gasteiger partial charge in [-0.25, -0.2) is 4.79 Å². The first kappa shape index (κ1) is 21.1. The molecule has 2 saturated carbocycles. The summed E-state index contributed by atoms with van der Waals surface area (Å²) >= 11 is 0. The van der Waals surface area contributed by atoms with Crippen molar-refractivity contribution < 1.29 is 33.7 Å². The van der Waals surface area contributed by atoms with Crippen molar-refractivity contribution in [3.05, 3.63) is 29.8 Å². The molecule has 29 heavy (non-hydrogen) atoms. The SMILES string of the molecule is COc1ccc(C(=O)OC2CCC(OC(=O)C3CCC(C(=O)O)CC3)CC2)cc1. The van der Waals surface area contributed by atoms with Crippen LogP contribution in [-0.2, 0) is 19.1 Å². The van der Waals surface area contributed by atoms with Crippen molar-refractivity contribution in [2.45, 2.75) is 63.6 Å². The Bertz CT molecular complexity index is 711. The first-order valence-electron chi connectivity index (χ1n) is 10.2. The third kappa shape index (κ3) is 5.71. The molecule has 158 valence electrons. The highest BCUT2D eigenvalue weighted by Crippen LogP contribution is 2.31. The number of esters is 2. The highest BCUT2D eigenvalue weighted by atomic mass is 16.6. The van der Waals surface area contributed by atoms with E-state index in [-0.39, 0.29) is 36.0 Å². The zero-order valence-corrected chi connectivity index (χ0v) is 16.7. The number of carbonyl (C=O) groups excluding carboxylic acids is 2. The van der Waals surface area contributed by atoms with Crippen molar-refractivity contribution >= 4 is 17.9 Å². The summed E-state index contributed by atoms with van der Waals surface area (Å²) in [5, 5.41) is 9.05. The Balaban J connectivity index is 1.39. The minimum atomic E-state index is -0.778. The molecule has 0 amide bonds. The second-order valence-electron chi connectivity index (χ2n) is 7.86. The Hall–Kier alpha value is -2.57. The number of hydrogen-bond acceptors (Lipinski definition) is 6. The molecular weight excluding hydrogens is 376 g/mol. The molecule has 0 spiro atoms. The molecule has 2 fully saturated rings. The van der Waals surface area contributed by atoms with Gasteiger partial charge in [0.1, 0.15) is 18.0 Å². The van der Waals surface area contributed by atoms with E-state index in [4.69, 9.17) is 19.3 Å². The molecule has 0 aliphatic heterocycles. The molecule has 0 radical (unpaired) electrons. The molecule has 3 rings (SSSR count). The predicted octanol–water partition coefficient (Wildman–Crippen LogP) is 3.60. The smallest absolute Gasteiger partial charge is 0.338 e. The maximum atomic E-state index is 12.4. The summed E-state index contributed by atoms with van der Waals surface area (Å²) in [5.41, 5.74) is 0.483. The van der Waals surface area contributed by atoms with Crippen LogP contribution in [-0.4, -0.2) is 42.3 Å². The molecule has 1 aromatic rings. The fourth-order valence-corrected chi connectivity index (χ4v) is 4.05. The summed E-state index contributed by atoms with van der Waals surface area (Å²) in [6, 6.07) is 6.79. The van der Waals surface area contributed by atoms with Gasteiger partial charge in [-0.05, 0) is 75.6 Å². The van der Waals surface area contributed by atoms with Crippen molar-refractivity contribution in [1.82, 2.24) is 0 Å². The van der Waals surface area contributed by atoms with Crippen LogP contribution in [0, 0.1) is 11.8 Å². The fraction of sp³-hybridized carbons (Fsp3) is 0.591. The van der Waals surface area contributed by atoms with Crippen molar-refractivity contribution in [3.63, 3.8) is 0 Å². The third-order valence-corrected chi connectivity index (χ3v) is 5.91. The monoisotopic (exact) mass is 404 g/mol. The van der Waals surface area contributed by atoms with Gasteiger partial charge in [0.05, 0.1) is 24.5 Å². The molecule has 0 heterocycles. The van der Waals surface area contributed by atoms with E-state index < -0.39 is 5.97 Å². The van der Waals surface area contributed by atoms with Gasteiger partial charge in [0, 0.05) is 0 Å². The molecule has 1 N–H and O–H groups in total. The Morgan fingerprint density at radius 3 is 1.83 bits per heavy atom. The van der Waals surface area contributed by atoms with Crippen LogP contribution < -0.4 is 4.74 Å². The fourth-order valence-electron chi connectivity index (χ4n) is 4.05. The van der Waals surface area contributed by atoms with Crippen LogP contribution in [0.4, 0.5) is 0 Å². The molecular formula is C22H28O7. The number of carboxylic acid groups (broad SMARTS) is 1. The maximum Gasteiger partial charge on any atom is 0.338 e. The predicted molar refractivity (Wildman–Crippen MR) is 104 cm³/mol. The summed E-state index contributed by atoms with van der Waals surface area (Å²) in [4.78, 5) is 35.7. The molecule has 2 aliphatic rings. The van der Waals surface area contributed by atoms with E-state index in [0.717, 1.165) is 0 Å². The van der Waals surface area contributed by atoms with Gasteiger partial charge >= 0.3 is 17.9 Å². The van der Waals surface area contributed by atoms with Crippen molar-refractivity contribution in [2.24, 2.45) is 11.8 Å². The molecule has 0 aromatic heterocycles. The van der Waals surface area contributed by atoms with Crippen molar-refractivity contribution in [2.75, 3.05) is 7.11 Å². The van der Waals surface area contributed by atoms with Crippen LogP contribution in [0.15, 0.2) is 24.3 Å². The lowest BCUT2D eigenvalue weighted by Gasteiger charge is -2.30. The molecule has 2 aliphatic carbocycles. The average Bonchev–Trinajstić information content (AvgIpc) is 2.75. The Morgan fingerprint density at radius 2 is 1.31 bits per heavy atom. The van der Waals surface area contributed by atoms with Crippen LogP contribution in [0.2, 0.25) is 0 Å². The van der Waals surface area contributed by atoms with Crippen LogP contribution in [0.3, 0.4) is 0 Å². The number of carbonyl (C=O) groups is 3. The minimum absolute atomic E-state index is 0.157. The van der Waals surface area contributed by atoms with Gasteiger partial charge in [-0.1, -0.05) is 0 Å². The zero-order valence-electron chi connectivity index (χ0n) is 16.7. The Kier molecular flexibility index (Phi) is 7.12. The lowest BCUT2D eigenvalue weighted by atomic mass is 9.82. The number of rotatable bonds is 6. The third-order valence-electron chi connectivity index (χ3n) is 5.91. The molecule has 0 unspecified atom stereocenters. The number of benzene rings is 1. The summed E-state index contributed by atoms with van der Waals surface area (Å²) in [5.74, 6) is -1.21. The molecule has 0 bridgehead atoms. The zero-order chi connectivity index (χ0) is 20.8. The average molecular weight is 404 g/mol. The highest BCUT2D eigenvalue weighted by molar-refractivity contribution is 5.89. The maximum absolute atomic E-state index is 12.4. The lowest BCUT2D eigenvalue weighted by Crippen LogP contribution is -2.33. The van der Waals surface area contributed by atoms with Crippen LogP contribution >= 0.6 is 0 Å². The van der Waals surface area contributed by atoms with E-state index >= 15 is 0 Å². The van der Waals surface area contributed by atoms with Crippen molar-refractivity contribution in [3.8, 4) is 5.75 Å². The van der Waals surface area contributed by atoms with Gasteiger partial charge in [-0.2, -0.15) is 0 Å². The Morgan fingerprint density at radius 1 is 0.793 bits per heavy atom. The summed E-state index contributed by atoms with van der Waals surface area (Å²) in [7, 11) is 1.57. The minimum Gasteiger partial charge on any atom is -0.497 e. The Labute approximate surface area is 170 Å². The number of hydrogen-bond donors (Lipinski definition) is 1. The number of methoxy groups -OCH3 is 1. The highest BCUT2D eigenvalue weighted by Gasteiger charge is 2.33. The van der Waals surface area contributed by atoms with E-state index in [1.165, 1.54) is 0 Å². The topological polar surface area (TPSA) is 99.1 Å². The van der Waals surface area contributed by atoms with Gasteiger partial charge in [-0.15, -0.1) is 0 Å². The normalized spacial score (nSPS) is 26.9. The van der Waals surface area contributed by atoms with Gasteiger partial charge in [-0.3, -0.25) is 9.59 Å². The summed E-state index contributed by atoms with van der Waals surface area (Å²) < 4.78 is 16.3. The lowest BCUT2D eigenvalue weighted by molar-refractivity contribution is -0.159. The van der Waals surface area contributed by atoms with E-state index in [9.17, 15) is 14.4 Å². The van der Waals surface area contributed by atoms with E-state index in [1.54, 1.807) is 31.4 Å². The number of aliphatic carboxylic acids is 1. The van der Waals surface area contributed by atoms with Crippen LogP contribution in [0.25, 0.3) is 0 Å². The number of carboxylic acids is 1. The van der Waals surface area contributed by atoms with Gasteiger partial charge in [0.25, 0.3) is 0 Å². The molecule has 0 saturated heterocycles. The molecule has 1 aromatic carbocycles.